The molecule has 0 spiro atoms. The van der Waals surface area contributed by atoms with Crippen molar-refractivity contribution in [1.82, 2.24) is 5.32 Å². The first-order valence-electron chi connectivity index (χ1n) is 11.9. The van der Waals surface area contributed by atoms with E-state index in [1.54, 1.807) is 30.3 Å². The fourth-order valence-corrected chi connectivity index (χ4v) is 6.08. The molecule has 1 saturated heterocycles. The van der Waals surface area contributed by atoms with E-state index in [0.717, 1.165) is 29.5 Å². The first-order valence-corrected chi connectivity index (χ1v) is 13.3. The number of aryl methyl sites for hydroxylation is 2. The molecule has 3 aromatic carbocycles. The second kappa shape index (κ2) is 10.6. The molecular formula is C28H32N2O4S. The molecule has 1 aliphatic rings. The predicted molar refractivity (Wildman–Crippen MR) is 138 cm³/mol. The van der Waals surface area contributed by atoms with Crippen LogP contribution in [-0.2, 0) is 25.0 Å². The van der Waals surface area contributed by atoms with Crippen molar-refractivity contribution >= 4 is 21.6 Å². The van der Waals surface area contributed by atoms with Crippen molar-refractivity contribution in [2.75, 3.05) is 30.6 Å². The lowest BCUT2D eigenvalue weighted by molar-refractivity contribution is -0.120. The fraction of sp³-hybridized carbons (Fsp3) is 0.321. The van der Waals surface area contributed by atoms with E-state index in [9.17, 15) is 13.2 Å². The van der Waals surface area contributed by atoms with Crippen molar-refractivity contribution in [2.24, 2.45) is 0 Å². The number of hydrogen-bond donors (Lipinski definition) is 1. The van der Waals surface area contributed by atoms with Gasteiger partial charge >= 0.3 is 0 Å². The van der Waals surface area contributed by atoms with Crippen LogP contribution in [0.2, 0.25) is 0 Å². The molecule has 0 unspecified atom stereocenters. The molecular weight excluding hydrogens is 460 g/mol. The van der Waals surface area contributed by atoms with Gasteiger partial charge in [-0.3, -0.25) is 9.10 Å². The number of nitrogens with zero attached hydrogens (tertiary/aromatic N) is 1. The highest BCUT2D eigenvalue weighted by Crippen LogP contribution is 2.34. The quantitative estimate of drug-likeness (QED) is 0.507. The molecule has 0 bridgehead atoms. The first kappa shape index (κ1) is 24.9. The van der Waals surface area contributed by atoms with Gasteiger partial charge in [0.1, 0.15) is 6.54 Å². The third-order valence-electron chi connectivity index (χ3n) is 6.71. The molecule has 184 valence electrons. The molecule has 1 N–H and O–H groups in total. The Morgan fingerprint density at radius 3 is 2.23 bits per heavy atom. The minimum absolute atomic E-state index is 0.152. The van der Waals surface area contributed by atoms with Crippen molar-refractivity contribution in [3.63, 3.8) is 0 Å². The van der Waals surface area contributed by atoms with Crippen LogP contribution in [0, 0.1) is 13.8 Å². The Labute approximate surface area is 208 Å². The lowest BCUT2D eigenvalue weighted by Gasteiger charge is -2.38. The molecule has 4 rings (SSSR count). The average Bonchev–Trinajstić information content (AvgIpc) is 2.89. The molecule has 0 atom stereocenters. The van der Waals surface area contributed by atoms with E-state index >= 15 is 0 Å². The summed E-state index contributed by atoms with van der Waals surface area (Å²) in [5.41, 5.74) is 3.13. The molecule has 0 aliphatic carbocycles. The summed E-state index contributed by atoms with van der Waals surface area (Å²) in [6, 6.07) is 24.0. The van der Waals surface area contributed by atoms with Crippen molar-refractivity contribution in [1.29, 1.82) is 0 Å². The predicted octanol–water partition coefficient (Wildman–Crippen LogP) is 4.36. The minimum Gasteiger partial charge on any atom is -0.381 e. The number of amides is 1. The minimum atomic E-state index is -3.95. The maximum atomic E-state index is 13.7. The number of anilines is 1. The third-order valence-corrected chi connectivity index (χ3v) is 8.49. The molecule has 1 heterocycles. The van der Waals surface area contributed by atoms with Crippen LogP contribution in [0.1, 0.15) is 29.5 Å². The van der Waals surface area contributed by atoms with E-state index in [0.29, 0.717) is 25.4 Å². The zero-order chi connectivity index (χ0) is 24.9. The Morgan fingerprint density at radius 2 is 1.57 bits per heavy atom. The van der Waals surface area contributed by atoms with Gasteiger partial charge in [-0.1, -0.05) is 60.7 Å². The summed E-state index contributed by atoms with van der Waals surface area (Å²) in [4.78, 5) is 13.4. The largest absolute Gasteiger partial charge is 0.381 e. The van der Waals surface area contributed by atoms with Gasteiger partial charge in [-0.15, -0.1) is 0 Å². The number of carbonyl (C=O) groups is 1. The normalized spacial score (nSPS) is 15.4. The van der Waals surface area contributed by atoms with Crippen LogP contribution >= 0.6 is 0 Å². The zero-order valence-electron chi connectivity index (χ0n) is 20.2. The lowest BCUT2D eigenvalue weighted by atomic mass is 9.74. The van der Waals surface area contributed by atoms with Gasteiger partial charge in [-0.05, 0) is 61.6 Å². The summed E-state index contributed by atoms with van der Waals surface area (Å²) < 4.78 is 34.1. The summed E-state index contributed by atoms with van der Waals surface area (Å²) in [7, 11) is -3.95. The number of sulfonamides is 1. The SMILES string of the molecule is Cc1ccc(C)c(N(CC(=O)NCC2(c3ccccc3)CCOCC2)S(=O)(=O)c2ccccc2)c1. The Bertz CT molecular complexity index is 1250. The number of nitrogens with one attached hydrogen (secondary N) is 1. The Kier molecular flexibility index (Phi) is 7.57. The highest BCUT2D eigenvalue weighted by molar-refractivity contribution is 7.92. The van der Waals surface area contributed by atoms with Crippen molar-refractivity contribution in [2.45, 2.75) is 37.0 Å². The summed E-state index contributed by atoms with van der Waals surface area (Å²) in [6.07, 6.45) is 1.58. The monoisotopic (exact) mass is 492 g/mol. The molecule has 35 heavy (non-hydrogen) atoms. The van der Waals surface area contributed by atoms with Crippen molar-refractivity contribution in [3.8, 4) is 0 Å². The van der Waals surface area contributed by atoms with Gasteiger partial charge < -0.3 is 10.1 Å². The summed E-state index contributed by atoms with van der Waals surface area (Å²) in [6.45, 7) is 5.13. The Morgan fingerprint density at radius 1 is 0.943 bits per heavy atom. The van der Waals surface area contributed by atoms with Gasteiger partial charge in [0.05, 0.1) is 10.6 Å². The molecule has 0 radical (unpaired) electrons. The van der Waals surface area contributed by atoms with Crippen molar-refractivity contribution < 1.29 is 17.9 Å². The second-order valence-electron chi connectivity index (χ2n) is 9.15. The molecule has 7 heteroatoms. The van der Waals surface area contributed by atoms with Crippen LogP contribution < -0.4 is 9.62 Å². The molecule has 0 saturated carbocycles. The topological polar surface area (TPSA) is 75.7 Å². The van der Waals surface area contributed by atoms with Crippen LogP contribution in [0.25, 0.3) is 0 Å². The van der Waals surface area contributed by atoms with Crippen LogP contribution in [0.15, 0.2) is 83.8 Å². The number of ether oxygens (including phenoxy) is 1. The summed E-state index contributed by atoms with van der Waals surface area (Å²) >= 11 is 0. The van der Waals surface area contributed by atoms with Gasteiger partial charge in [0.25, 0.3) is 10.0 Å². The molecule has 1 amide bonds. The average molecular weight is 493 g/mol. The van der Waals surface area contributed by atoms with Crippen LogP contribution in [0.4, 0.5) is 5.69 Å². The van der Waals surface area contributed by atoms with Crippen LogP contribution in [0.3, 0.4) is 0 Å². The van der Waals surface area contributed by atoms with E-state index in [2.05, 4.69) is 17.4 Å². The maximum absolute atomic E-state index is 13.7. The second-order valence-corrected chi connectivity index (χ2v) is 11.0. The summed E-state index contributed by atoms with van der Waals surface area (Å²) in [5, 5.41) is 3.05. The molecule has 6 nitrogen and oxygen atoms in total. The molecule has 3 aromatic rings. The molecule has 1 aliphatic heterocycles. The highest BCUT2D eigenvalue weighted by Gasteiger charge is 2.35. The van der Waals surface area contributed by atoms with Gasteiger partial charge in [-0.2, -0.15) is 0 Å². The van der Waals surface area contributed by atoms with Crippen LogP contribution in [-0.4, -0.2) is 40.6 Å². The number of rotatable bonds is 8. The van der Waals surface area contributed by atoms with Gasteiger partial charge in [0.2, 0.25) is 5.91 Å². The van der Waals surface area contributed by atoms with E-state index in [-0.39, 0.29) is 22.8 Å². The van der Waals surface area contributed by atoms with E-state index in [1.807, 2.05) is 50.2 Å². The van der Waals surface area contributed by atoms with Gasteiger partial charge in [-0.25, -0.2) is 8.42 Å². The smallest absolute Gasteiger partial charge is 0.264 e. The maximum Gasteiger partial charge on any atom is 0.264 e. The highest BCUT2D eigenvalue weighted by atomic mass is 32.2. The first-order chi connectivity index (χ1) is 16.8. The van der Waals surface area contributed by atoms with Gasteiger partial charge in [0, 0.05) is 25.2 Å². The van der Waals surface area contributed by atoms with Crippen molar-refractivity contribution in [3.05, 3.63) is 95.6 Å². The Hall–Kier alpha value is -3.16. The lowest BCUT2D eigenvalue weighted by Crippen LogP contribution is -2.48. The standard InChI is InChI=1S/C28H32N2O4S/c1-22-13-14-23(2)26(19-22)30(35(32,33)25-11-7-4-8-12-25)20-27(31)29-21-28(15-17-34-18-16-28)24-9-5-3-6-10-24/h3-14,19H,15-18,20-21H2,1-2H3,(H,29,31). The van der Waals surface area contributed by atoms with Gasteiger partial charge in [0.15, 0.2) is 0 Å². The number of hydrogen-bond acceptors (Lipinski definition) is 4. The Balaban J connectivity index is 1.61. The van der Waals surface area contributed by atoms with E-state index in [1.165, 1.54) is 4.31 Å². The van der Waals surface area contributed by atoms with E-state index in [4.69, 9.17) is 4.74 Å². The van der Waals surface area contributed by atoms with E-state index < -0.39 is 10.0 Å². The molecule has 1 fully saturated rings. The third kappa shape index (κ3) is 5.57. The summed E-state index contributed by atoms with van der Waals surface area (Å²) in [5.74, 6) is -0.341. The van der Waals surface area contributed by atoms with Crippen LogP contribution in [0.5, 0.6) is 0 Å². The fourth-order valence-electron chi connectivity index (χ4n) is 4.58. The number of carbonyl (C=O) groups excluding carboxylic acids is 1. The zero-order valence-corrected chi connectivity index (χ0v) is 21.1. The molecule has 0 aromatic heterocycles. The number of benzene rings is 3.